The quantitative estimate of drug-likeness (QED) is 0.406. The zero-order valence-corrected chi connectivity index (χ0v) is 15.8. The van der Waals surface area contributed by atoms with E-state index in [-0.39, 0.29) is 10.5 Å². The Morgan fingerprint density at radius 1 is 0.897 bits per heavy atom. The maximum atomic E-state index is 13.1. The van der Waals surface area contributed by atoms with Gasteiger partial charge in [-0.1, -0.05) is 36.4 Å². The topological polar surface area (TPSA) is 98.1 Å². The summed E-state index contributed by atoms with van der Waals surface area (Å²) in [6.45, 7) is 0. The summed E-state index contributed by atoms with van der Waals surface area (Å²) in [6.07, 6.45) is 4.14. The lowest BCUT2D eigenvalue weighted by atomic mass is 10.1. The first-order chi connectivity index (χ1) is 14.0. The second-order valence-electron chi connectivity index (χ2n) is 6.20. The van der Waals surface area contributed by atoms with E-state index in [0.29, 0.717) is 16.6 Å². The molecule has 1 N–H and O–H groups in total. The first-order valence-corrected chi connectivity index (χ1v) is 10.1. The highest BCUT2D eigenvalue weighted by Crippen LogP contribution is 2.26. The number of hydrogen-bond donors (Lipinski definition) is 1. The highest BCUT2D eigenvalue weighted by molar-refractivity contribution is 7.90. The number of benzene rings is 2. The number of aromatic nitrogens is 2. The number of rotatable bonds is 5. The standard InChI is InChI=1S/C21H15N3O4S/c25-20(21(26)23-15-7-6-12-22-13-15)18-14-24(19-11-5-4-10-17(18)19)29(27,28)16-8-2-1-3-9-16/h1-14H,(H,23,26). The maximum absolute atomic E-state index is 13.1. The maximum Gasteiger partial charge on any atom is 0.296 e. The van der Waals surface area contributed by atoms with Crippen molar-refractivity contribution in [1.29, 1.82) is 0 Å². The van der Waals surface area contributed by atoms with Gasteiger partial charge in [-0.2, -0.15) is 0 Å². The molecule has 0 aliphatic heterocycles. The van der Waals surface area contributed by atoms with Gasteiger partial charge in [0.15, 0.2) is 0 Å². The second kappa shape index (κ2) is 7.33. The number of anilines is 1. The summed E-state index contributed by atoms with van der Waals surface area (Å²) in [4.78, 5) is 29.2. The zero-order chi connectivity index (χ0) is 20.4. The van der Waals surface area contributed by atoms with E-state index in [1.165, 1.54) is 24.5 Å². The van der Waals surface area contributed by atoms with Gasteiger partial charge in [0.05, 0.1) is 27.9 Å². The van der Waals surface area contributed by atoms with Gasteiger partial charge >= 0.3 is 0 Å². The number of ketones is 1. The van der Waals surface area contributed by atoms with Crippen LogP contribution in [0.25, 0.3) is 10.9 Å². The minimum atomic E-state index is -3.94. The minimum absolute atomic E-state index is 0.00139. The van der Waals surface area contributed by atoms with Crippen LogP contribution in [0.4, 0.5) is 5.69 Å². The monoisotopic (exact) mass is 405 g/mol. The minimum Gasteiger partial charge on any atom is -0.318 e. The molecule has 0 saturated carbocycles. The highest BCUT2D eigenvalue weighted by Gasteiger charge is 2.26. The van der Waals surface area contributed by atoms with E-state index in [9.17, 15) is 18.0 Å². The number of carbonyl (C=O) groups excluding carboxylic acids is 2. The zero-order valence-electron chi connectivity index (χ0n) is 15.0. The van der Waals surface area contributed by atoms with Gasteiger partial charge in [0, 0.05) is 17.8 Å². The summed E-state index contributed by atoms with van der Waals surface area (Å²) < 4.78 is 27.2. The summed E-state index contributed by atoms with van der Waals surface area (Å²) >= 11 is 0. The van der Waals surface area contributed by atoms with Crippen molar-refractivity contribution in [1.82, 2.24) is 8.96 Å². The number of hydrogen-bond acceptors (Lipinski definition) is 5. The molecule has 4 rings (SSSR count). The number of pyridine rings is 1. The summed E-state index contributed by atoms with van der Waals surface area (Å²) in [7, 11) is -3.94. The number of Topliss-reactive ketones (excluding diaryl/α,β-unsaturated/α-hetero) is 1. The molecule has 0 saturated heterocycles. The van der Waals surface area contributed by atoms with Gasteiger partial charge in [-0.05, 0) is 30.3 Å². The Morgan fingerprint density at radius 2 is 1.62 bits per heavy atom. The first-order valence-electron chi connectivity index (χ1n) is 8.65. The Labute approximate surface area is 166 Å². The van der Waals surface area contributed by atoms with Crippen LogP contribution in [-0.2, 0) is 14.8 Å². The molecule has 0 fully saturated rings. The molecule has 0 radical (unpaired) electrons. The highest BCUT2D eigenvalue weighted by atomic mass is 32.2. The molecule has 1 amide bonds. The lowest BCUT2D eigenvalue weighted by Gasteiger charge is -2.07. The number of nitrogens with zero attached hydrogens (tertiary/aromatic N) is 2. The third kappa shape index (κ3) is 3.41. The van der Waals surface area contributed by atoms with Gasteiger partial charge in [-0.3, -0.25) is 14.6 Å². The second-order valence-corrected chi connectivity index (χ2v) is 8.01. The molecule has 2 heterocycles. The summed E-state index contributed by atoms with van der Waals surface area (Å²) in [5, 5.41) is 2.85. The fraction of sp³-hybridized carbons (Fsp3) is 0. The van der Waals surface area contributed by atoms with E-state index in [1.807, 2.05) is 0 Å². The third-order valence-corrected chi connectivity index (χ3v) is 6.04. The van der Waals surface area contributed by atoms with Gasteiger partial charge in [-0.15, -0.1) is 0 Å². The summed E-state index contributed by atoms with van der Waals surface area (Å²) in [5.74, 6) is -1.72. The molecule has 7 nitrogen and oxygen atoms in total. The van der Waals surface area contributed by atoms with Gasteiger partial charge < -0.3 is 5.32 Å². The molecule has 0 aliphatic rings. The average Bonchev–Trinajstić information content (AvgIpc) is 3.15. The smallest absolute Gasteiger partial charge is 0.296 e. The lowest BCUT2D eigenvalue weighted by molar-refractivity contribution is -0.112. The first kappa shape index (κ1) is 18.6. The number of para-hydroxylation sites is 1. The Bertz CT molecular complexity index is 1310. The third-order valence-electron chi connectivity index (χ3n) is 4.35. The van der Waals surface area contributed by atoms with E-state index in [0.717, 1.165) is 3.97 Å². The van der Waals surface area contributed by atoms with Gasteiger partial charge in [0.25, 0.3) is 21.7 Å². The van der Waals surface area contributed by atoms with Crippen LogP contribution in [0, 0.1) is 0 Å². The summed E-state index contributed by atoms with van der Waals surface area (Å²) in [5.41, 5.74) is 0.682. The molecule has 0 bridgehead atoms. The van der Waals surface area contributed by atoms with Crippen LogP contribution in [0.2, 0.25) is 0 Å². The Hall–Kier alpha value is -3.78. The molecular weight excluding hydrogens is 390 g/mol. The van der Waals surface area contributed by atoms with Crippen LogP contribution in [0.3, 0.4) is 0 Å². The Kier molecular flexibility index (Phi) is 4.69. The van der Waals surface area contributed by atoms with Crippen molar-refractivity contribution >= 4 is 38.3 Å². The van der Waals surface area contributed by atoms with Crippen LogP contribution in [-0.4, -0.2) is 29.1 Å². The lowest BCUT2D eigenvalue weighted by Crippen LogP contribution is -2.23. The predicted molar refractivity (Wildman–Crippen MR) is 108 cm³/mol. The largest absolute Gasteiger partial charge is 0.318 e. The van der Waals surface area contributed by atoms with Crippen LogP contribution < -0.4 is 5.32 Å². The number of amides is 1. The van der Waals surface area contributed by atoms with Crippen LogP contribution >= 0.6 is 0 Å². The fourth-order valence-electron chi connectivity index (χ4n) is 2.98. The van der Waals surface area contributed by atoms with Crippen molar-refractivity contribution in [3.05, 3.63) is 90.9 Å². The van der Waals surface area contributed by atoms with Crippen molar-refractivity contribution in [3.63, 3.8) is 0 Å². The normalized spacial score (nSPS) is 11.3. The van der Waals surface area contributed by atoms with E-state index in [2.05, 4.69) is 10.3 Å². The van der Waals surface area contributed by atoms with E-state index < -0.39 is 21.7 Å². The number of fused-ring (bicyclic) bond motifs is 1. The molecule has 0 aliphatic carbocycles. The van der Waals surface area contributed by atoms with Crippen molar-refractivity contribution in [3.8, 4) is 0 Å². The molecule has 8 heteroatoms. The summed E-state index contributed by atoms with van der Waals surface area (Å²) in [6, 6.07) is 17.7. The fourth-order valence-corrected chi connectivity index (χ4v) is 4.37. The molecular formula is C21H15N3O4S. The Morgan fingerprint density at radius 3 is 2.34 bits per heavy atom. The van der Waals surface area contributed by atoms with Gasteiger partial charge in [0.2, 0.25) is 0 Å². The van der Waals surface area contributed by atoms with Crippen LogP contribution in [0.15, 0.2) is 90.2 Å². The molecule has 0 atom stereocenters. The molecule has 144 valence electrons. The van der Waals surface area contributed by atoms with Crippen molar-refractivity contribution in [2.45, 2.75) is 4.90 Å². The predicted octanol–water partition coefficient (Wildman–Crippen LogP) is 3.09. The Balaban J connectivity index is 1.79. The van der Waals surface area contributed by atoms with Crippen molar-refractivity contribution < 1.29 is 18.0 Å². The van der Waals surface area contributed by atoms with Crippen molar-refractivity contribution in [2.75, 3.05) is 5.32 Å². The van der Waals surface area contributed by atoms with Crippen LogP contribution in [0.5, 0.6) is 0 Å². The SMILES string of the molecule is O=C(Nc1cccnc1)C(=O)c1cn(S(=O)(=O)c2ccccc2)c2ccccc12. The van der Waals surface area contributed by atoms with E-state index in [1.54, 1.807) is 60.8 Å². The van der Waals surface area contributed by atoms with E-state index >= 15 is 0 Å². The van der Waals surface area contributed by atoms with Crippen LogP contribution in [0.1, 0.15) is 10.4 Å². The molecule has 4 aromatic rings. The van der Waals surface area contributed by atoms with Gasteiger partial charge in [-0.25, -0.2) is 12.4 Å². The molecule has 2 aromatic heterocycles. The average molecular weight is 405 g/mol. The number of carbonyl (C=O) groups is 2. The molecule has 0 unspecified atom stereocenters. The molecule has 2 aromatic carbocycles. The van der Waals surface area contributed by atoms with Gasteiger partial charge in [0.1, 0.15) is 0 Å². The van der Waals surface area contributed by atoms with E-state index in [4.69, 9.17) is 0 Å². The molecule has 29 heavy (non-hydrogen) atoms. The molecule has 0 spiro atoms. The van der Waals surface area contributed by atoms with Crippen molar-refractivity contribution in [2.24, 2.45) is 0 Å². The number of nitrogens with one attached hydrogen (secondary N) is 1.